The van der Waals surface area contributed by atoms with E-state index in [2.05, 4.69) is 10.6 Å². The summed E-state index contributed by atoms with van der Waals surface area (Å²) in [7, 11) is 2.87. The molecule has 0 aliphatic carbocycles. The molecule has 0 fully saturated rings. The lowest BCUT2D eigenvalue weighted by Crippen LogP contribution is -2.19. The molecule has 8 heteroatoms. The molecule has 2 aromatic rings. The van der Waals surface area contributed by atoms with Crippen molar-refractivity contribution >= 4 is 29.1 Å². The molecule has 0 radical (unpaired) electrons. The van der Waals surface area contributed by atoms with Crippen molar-refractivity contribution in [3.8, 4) is 11.5 Å². The van der Waals surface area contributed by atoms with Crippen molar-refractivity contribution < 1.29 is 23.9 Å². The molecule has 0 saturated heterocycles. The monoisotopic (exact) mass is 385 g/mol. The van der Waals surface area contributed by atoms with E-state index in [9.17, 15) is 14.4 Å². The third-order valence-corrected chi connectivity index (χ3v) is 3.98. The fourth-order valence-electron chi connectivity index (χ4n) is 2.37. The van der Waals surface area contributed by atoms with Crippen LogP contribution in [0.3, 0.4) is 0 Å². The standard InChI is InChI=1S/C20H23N3O5/c1-11(2)19(25)22-13-7-5-12(6-8-13)20(26)23-15-10-17(28-4)16(27-3)9-14(15)18(21)24/h5-11H,1-4H3,(H2,21,24)(H,22,25)(H,23,26). The molecular weight excluding hydrogens is 362 g/mol. The van der Waals surface area contributed by atoms with Gasteiger partial charge >= 0.3 is 0 Å². The number of amides is 3. The van der Waals surface area contributed by atoms with Crippen molar-refractivity contribution in [1.82, 2.24) is 0 Å². The molecule has 0 spiro atoms. The summed E-state index contributed by atoms with van der Waals surface area (Å²) in [5.74, 6) is -0.776. The van der Waals surface area contributed by atoms with Crippen molar-refractivity contribution in [3.63, 3.8) is 0 Å². The van der Waals surface area contributed by atoms with Gasteiger partial charge in [0.25, 0.3) is 11.8 Å². The number of hydrogen-bond donors (Lipinski definition) is 3. The fraction of sp³-hybridized carbons (Fsp3) is 0.250. The zero-order chi connectivity index (χ0) is 20.8. The smallest absolute Gasteiger partial charge is 0.255 e. The van der Waals surface area contributed by atoms with Gasteiger partial charge in [0.05, 0.1) is 25.5 Å². The highest BCUT2D eigenvalue weighted by Crippen LogP contribution is 2.33. The molecular formula is C20H23N3O5. The molecule has 0 unspecified atom stereocenters. The second-order valence-corrected chi connectivity index (χ2v) is 6.29. The molecule has 0 aliphatic rings. The Labute approximate surface area is 163 Å². The third-order valence-electron chi connectivity index (χ3n) is 3.98. The van der Waals surface area contributed by atoms with Gasteiger partial charge in [-0.2, -0.15) is 0 Å². The number of ether oxygens (including phenoxy) is 2. The number of nitrogens with one attached hydrogen (secondary N) is 2. The number of methoxy groups -OCH3 is 2. The van der Waals surface area contributed by atoms with Gasteiger partial charge in [0.15, 0.2) is 11.5 Å². The molecule has 0 saturated carbocycles. The van der Waals surface area contributed by atoms with E-state index in [1.165, 1.54) is 26.4 Å². The quantitative estimate of drug-likeness (QED) is 0.677. The number of anilines is 2. The van der Waals surface area contributed by atoms with Crippen molar-refractivity contribution in [3.05, 3.63) is 47.5 Å². The lowest BCUT2D eigenvalue weighted by molar-refractivity contribution is -0.118. The van der Waals surface area contributed by atoms with Crippen molar-refractivity contribution in [1.29, 1.82) is 0 Å². The molecule has 0 aliphatic heterocycles. The maximum absolute atomic E-state index is 12.6. The maximum atomic E-state index is 12.6. The summed E-state index contributed by atoms with van der Waals surface area (Å²) in [6.07, 6.45) is 0. The van der Waals surface area contributed by atoms with Crippen LogP contribution in [0.1, 0.15) is 34.6 Å². The molecule has 0 heterocycles. The molecule has 8 nitrogen and oxygen atoms in total. The number of benzene rings is 2. The first kappa shape index (κ1) is 20.8. The van der Waals surface area contributed by atoms with Crippen LogP contribution in [-0.2, 0) is 4.79 Å². The summed E-state index contributed by atoms with van der Waals surface area (Å²) in [5, 5.41) is 5.40. The van der Waals surface area contributed by atoms with Crippen LogP contribution in [0.5, 0.6) is 11.5 Å². The molecule has 0 aromatic heterocycles. The summed E-state index contributed by atoms with van der Waals surface area (Å²) >= 11 is 0. The molecule has 2 rings (SSSR count). The Morgan fingerprint density at radius 2 is 1.50 bits per heavy atom. The second kappa shape index (κ2) is 8.90. The average Bonchev–Trinajstić information content (AvgIpc) is 2.67. The Kier molecular flexibility index (Phi) is 6.59. The Morgan fingerprint density at radius 3 is 2.00 bits per heavy atom. The highest BCUT2D eigenvalue weighted by atomic mass is 16.5. The van der Waals surface area contributed by atoms with E-state index in [4.69, 9.17) is 15.2 Å². The zero-order valence-corrected chi connectivity index (χ0v) is 16.2. The Bertz CT molecular complexity index is 891. The number of primary amides is 1. The summed E-state index contributed by atoms with van der Waals surface area (Å²) in [5.41, 5.74) is 6.62. The lowest BCUT2D eigenvalue weighted by Gasteiger charge is -2.14. The molecule has 3 amide bonds. The summed E-state index contributed by atoms with van der Waals surface area (Å²) < 4.78 is 10.4. The number of hydrogen-bond acceptors (Lipinski definition) is 5. The van der Waals surface area contributed by atoms with Gasteiger partial charge in [-0.1, -0.05) is 13.8 Å². The summed E-state index contributed by atoms with van der Waals surface area (Å²) in [6, 6.07) is 9.25. The minimum absolute atomic E-state index is 0.0896. The largest absolute Gasteiger partial charge is 0.493 e. The minimum atomic E-state index is -0.719. The fourth-order valence-corrected chi connectivity index (χ4v) is 2.37. The van der Waals surface area contributed by atoms with E-state index in [1.807, 2.05) is 0 Å². The van der Waals surface area contributed by atoms with Crippen LogP contribution in [0, 0.1) is 5.92 Å². The van der Waals surface area contributed by atoms with Crippen molar-refractivity contribution in [2.75, 3.05) is 24.9 Å². The number of nitrogens with two attached hydrogens (primary N) is 1. The summed E-state index contributed by atoms with van der Waals surface area (Å²) in [4.78, 5) is 36.0. The predicted molar refractivity (Wildman–Crippen MR) is 106 cm³/mol. The average molecular weight is 385 g/mol. The van der Waals surface area contributed by atoms with E-state index in [1.54, 1.807) is 38.1 Å². The Morgan fingerprint density at radius 1 is 0.929 bits per heavy atom. The topological polar surface area (TPSA) is 120 Å². The predicted octanol–water partition coefficient (Wildman–Crippen LogP) is 2.65. The lowest BCUT2D eigenvalue weighted by atomic mass is 10.1. The van der Waals surface area contributed by atoms with E-state index >= 15 is 0 Å². The first-order valence-electron chi connectivity index (χ1n) is 8.55. The molecule has 4 N–H and O–H groups in total. The molecule has 148 valence electrons. The SMILES string of the molecule is COc1cc(NC(=O)c2ccc(NC(=O)C(C)C)cc2)c(C(N)=O)cc1OC. The zero-order valence-electron chi connectivity index (χ0n) is 16.2. The summed E-state index contributed by atoms with van der Waals surface area (Å²) in [6.45, 7) is 3.58. The van der Waals surface area contributed by atoms with Crippen molar-refractivity contribution in [2.45, 2.75) is 13.8 Å². The van der Waals surface area contributed by atoms with E-state index < -0.39 is 11.8 Å². The van der Waals surface area contributed by atoms with E-state index in [-0.39, 0.29) is 23.1 Å². The van der Waals surface area contributed by atoms with Gasteiger partial charge in [-0.3, -0.25) is 14.4 Å². The van der Waals surface area contributed by atoms with Crippen molar-refractivity contribution in [2.24, 2.45) is 11.7 Å². The molecule has 0 atom stereocenters. The van der Waals surface area contributed by atoms with Crippen LogP contribution in [0.15, 0.2) is 36.4 Å². The number of carbonyl (C=O) groups excluding carboxylic acids is 3. The van der Waals surface area contributed by atoms with Gasteiger partial charge < -0.3 is 25.8 Å². The molecule has 2 aromatic carbocycles. The van der Waals surface area contributed by atoms with Crippen LogP contribution >= 0.6 is 0 Å². The number of rotatable bonds is 7. The van der Waals surface area contributed by atoms with Gasteiger partial charge in [0.2, 0.25) is 5.91 Å². The highest BCUT2D eigenvalue weighted by molar-refractivity contribution is 6.09. The third kappa shape index (κ3) is 4.79. The van der Waals surface area contributed by atoms with Crippen LogP contribution < -0.4 is 25.8 Å². The van der Waals surface area contributed by atoms with Gasteiger partial charge in [0.1, 0.15) is 0 Å². The van der Waals surface area contributed by atoms with Crippen LogP contribution in [0.25, 0.3) is 0 Å². The molecule has 0 bridgehead atoms. The van der Waals surface area contributed by atoms with Gasteiger partial charge in [-0.15, -0.1) is 0 Å². The normalized spacial score (nSPS) is 10.3. The maximum Gasteiger partial charge on any atom is 0.255 e. The van der Waals surface area contributed by atoms with Gasteiger partial charge in [-0.05, 0) is 30.3 Å². The van der Waals surface area contributed by atoms with Gasteiger partial charge in [-0.25, -0.2) is 0 Å². The first-order chi connectivity index (χ1) is 13.3. The van der Waals surface area contributed by atoms with Crippen LogP contribution in [0.4, 0.5) is 11.4 Å². The Balaban J connectivity index is 2.24. The van der Waals surface area contributed by atoms with Crippen LogP contribution in [0.2, 0.25) is 0 Å². The second-order valence-electron chi connectivity index (χ2n) is 6.29. The molecule has 28 heavy (non-hydrogen) atoms. The van der Waals surface area contributed by atoms with E-state index in [0.717, 1.165) is 0 Å². The highest BCUT2D eigenvalue weighted by Gasteiger charge is 2.17. The first-order valence-corrected chi connectivity index (χ1v) is 8.55. The minimum Gasteiger partial charge on any atom is -0.493 e. The van der Waals surface area contributed by atoms with Crippen LogP contribution in [-0.4, -0.2) is 31.9 Å². The van der Waals surface area contributed by atoms with E-state index in [0.29, 0.717) is 22.7 Å². The number of carbonyl (C=O) groups is 3. The Hall–Kier alpha value is -3.55. The van der Waals surface area contributed by atoms with Gasteiger partial charge in [0, 0.05) is 23.2 Å².